The van der Waals surface area contributed by atoms with E-state index in [-0.39, 0.29) is 30.1 Å². The van der Waals surface area contributed by atoms with Gasteiger partial charge in [-0.1, -0.05) is 30.3 Å². The second-order valence-corrected chi connectivity index (χ2v) is 7.27. The minimum atomic E-state index is -1.52. The van der Waals surface area contributed by atoms with E-state index in [2.05, 4.69) is 4.99 Å². The van der Waals surface area contributed by atoms with Crippen LogP contribution in [0.3, 0.4) is 0 Å². The van der Waals surface area contributed by atoms with E-state index >= 15 is 0 Å². The Labute approximate surface area is 176 Å². The van der Waals surface area contributed by atoms with E-state index in [1.54, 1.807) is 25.1 Å². The summed E-state index contributed by atoms with van der Waals surface area (Å²) in [7, 11) is 1.38. The average molecular weight is 427 g/mol. The van der Waals surface area contributed by atoms with E-state index in [1.165, 1.54) is 31.4 Å². The van der Waals surface area contributed by atoms with E-state index in [0.29, 0.717) is 22.4 Å². The standard InChI is InChI=1S/C24H17F4NO2/c1-12-8-15(18(30)11-31-2)14-10-17(29-16(14)9-12)20-23(27)21(25)19(22(26)24(20)28)13-6-4-3-5-7-13/h3-9H,10-11H2,1-2H3. The Morgan fingerprint density at radius 3 is 2.19 bits per heavy atom. The molecule has 1 aliphatic rings. The topological polar surface area (TPSA) is 38.7 Å². The van der Waals surface area contributed by atoms with Crippen LogP contribution in [0, 0.1) is 30.2 Å². The van der Waals surface area contributed by atoms with Gasteiger partial charge in [0.15, 0.2) is 29.1 Å². The third-order valence-electron chi connectivity index (χ3n) is 5.16. The number of benzene rings is 3. The highest BCUT2D eigenvalue weighted by atomic mass is 19.2. The maximum Gasteiger partial charge on any atom is 0.188 e. The summed E-state index contributed by atoms with van der Waals surface area (Å²) in [5.74, 6) is -6.36. The second kappa shape index (κ2) is 8.07. The summed E-state index contributed by atoms with van der Waals surface area (Å²) in [6, 6.07) is 10.6. The Kier molecular flexibility index (Phi) is 5.45. The summed E-state index contributed by atoms with van der Waals surface area (Å²) in [5, 5.41) is 0. The molecule has 0 bridgehead atoms. The zero-order chi connectivity index (χ0) is 22.3. The molecule has 7 heteroatoms. The molecule has 1 heterocycles. The molecule has 0 radical (unpaired) electrons. The van der Waals surface area contributed by atoms with Gasteiger partial charge in [0.2, 0.25) is 0 Å². The summed E-state index contributed by atoms with van der Waals surface area (Å²) >= 11 is 0. The molecule has 3 nitrogen and oxygen atoms in total. The van der Waals surface area contributed by atoms with Gasteiger partial charge in [-0.25, -0.2) is 17.6 Å². The van der Waals surface area contributed by atoms with Crippen LogP contribution in [0.4, 0.5) is 23.2 Å². The number of carbonyl (C=O) groups is 1. The number of carbonyl (C=O) groups excluding carboxylic acids is 1. The van der Waals surface area contributed by atoms with E-state index in [0.717, 1.165) is 0 Å². The molecular formula is C24H17F4NO2. The van der Waals surface area contributed by atoms with E-state index in [4.69, 9.17) is 4.74 Å². The van der Waals surface area contributed by atoms with Gasteiger partial charge in [-0.2, -0.15) is 0 Å². The van der Waals surface area contributed by atoms with E-state index < -0.39 is 34.4 Å². The third kappa shape index (κ3) is 3.55. The van der Waals surface area contributed by atoms with Crippen LogP contribution < -0.4 is 0 Å². The van der Waals surface area contributed by atoms with Crippen molar-refractivity contribution in [2.24, 2.45) is 4.99 Å². The molecule has 0 fully saturated rings. The van der Waals surface area contributed by atoms with Gasteiger partial charge in [0.25, 0.3) is 0 Å². The smallest absolute Gasteiger partial charge is 0.188 e. The lowest BCUT2D eigenvalue weighted by Gasteiger charge is -2.12. The van der Waals surface area contributed by atoms with E-state index in [9.17, 15) is 22.4 Å². The highest BCUT2D eigenvalue weighted by molar-refractivity contribution is 6.10. The lowest BCUT2D eigenvalue weighted by molar-refractivity contribution is 0.0847. The zero-order valence-electron chi connectivity index (χ0n) is 16.7. The number of fused-ring (bicyclic) bond motifs is 1. The Balaban J connectivity index is 1.84. The molecule has 0 atom stereocenters. The van der Waals surface area contributed by atoms with Crippen LogP contribution in [0.5, 0.6) is 0 Å². The summed E-state index contributed by atoms with van der Waals surface area (Å²) in [6.07, 6.45) is -0.141. The number of nitrogens with zero attached hydrogens (tertiary/aromatic N) is 1. The van der Waals surface area contributed by atoms with Gasteiger partial charge in [-0.15, -0.1) is 0 Å². The number of rotatable bonds is 5. The molecule has 4 rings (SSSR count). The first-order chi connectivity index (χ1) is 14.8. The van der Waals surface area contributed by atoms with Crippen LogP contribution in [-0.2, 0) is 11.2 Å². The molecule has 3 aromatic rings. The van der Waals surface area contributed by atoms with Crippen molar-refractivity contribution in [3.05, 3.63) is 88.0 Å². The number of hydrogen-bond donors (Lipinski definition) is 0. The number of ether oxygens (including phenoxy) is 1. The fourth-order valence-corrected chi connectivity index (χ4v) is 3.78. The van der Waals surface area contributed by atoms with Crippen LogP contribution in [0.25, 0.3) is 11.1 Å². The lowest BCUT2D eigenvalue weighted by atomic mass is 9.94. The normalized spacial score (nSPS) is 12.6. The Morgan fingerprint density at radius 2 is 1.58 bits per heavy atom. The first-order valence-corrected chi connectivity index (χ1v) is 9.48. The number of hydrogen-bond acceptors (Lipinski definition) is 3. The predicted molar refractivity (Wildman–Crippen MR) is 109 cm³/mol. The van der Waals surface area contributed by atoms with Crippen LogP contribution >= 0.6 is 0 Å². The predicted octanol–water partition coefficient (Wildman–Crippen LogP) is 5.72. The monoisotopic (exact) mass is 427 g/mol. The Hall–Kier alpha value is -3.32. The number of aryl methyl sites for hydroxylation is 1. The number of Topliss-reactive ketones (excluding diaryl/α,β-unsaturated/α-hetero) is 1. The largest absolute Gasteiger partial charge is 0.377 e. The molecule has 0 saturated carbocycles. The highest BCUT2D eigenvalue weighted by Gasteiger charge is 2.32. The maximum absolute atomic E-state index is 15.0. The Bertz CT molecular complexity index is 1210. The van der Waals surface area contributed by atoms with E-state index in [1.807, 2.05) is 0 Å². The van der Waals surface area contributed by atoms with Gasteiger partial charge < -0.3 is 4.74 Å². The van der Waals surface area contributed by atoms with Crippen molar-refractivity contribution in [2.45, 2.75) is 13.3 Å². The summed E-state index contributed by atoms with van der Waals surface area (Å²) in [6.45, 7) is 1.56. The molecule has 0 saturated heterocycles. The van der Waals surface area contributed by atoms with Gasteiger partial charge in [-0.05, 0) is 35.7 Å². The van der Waals surface area contributed by atoms with Crippen molar-refractivity contribution >= 4 is 17.2 Å². The molecule has 0 amide bonds. The quantitative estimate of drug-likeness (QED) is 0.297. The van der Waals surface area contributed by atoms with Gasteiger partial charge in [0, 0.05) is 19.1 Å². The van der Waals surface area contributed by atoms with Crippen LogP contribution in [0.15, 0.2) is 47.5 Å². The summed E-state index contributed by atoms with van der Waals surface area (Å²) < 4.78 is 64.5. The molecular weight excluding hydrogens is 410 g/mol. The summed E-state index contributed by atoms with van der Waals surface area (Å²) in [4.78, 5) is 16.6. The average Bonchev–Trinajstić information content (AvgIpc) is 3.16. The molecule has 3 aromatic carbocycles. The number of halogens is 4. The van der Waals surface area contributed by atoms with Crippen LogP contribution in [-0.4, -0.2) is 25.2 Å². The Morgan fingerprint density at radius 1 is 0.968 bits per heavy atom. The van der Waals surface area contributed by atoms with Crippen molar-refractivity contribution in [3.63, 3.8) is 0 Å². The molecule has 0 N–H and O–H groups in total. The van der Waals surface area contributed by atoms with Crippen molar-refractivity contribution in [2.75, 3.05) is 13.7 Å². The molecule has 0 spiro atoms. The molecule has 31 heavy (non-hydrogen) atoms. The maximum atomic E-state index is 15.0. The second-order valence-electron chi connectivity index (χ2n) is 7.27. The third-order valence-corrected chi connectivity index (χ3v) is 5.16. The van der Waals surface area contributed by atoms with Crippen molar-refractivity contribution < 1.29 is 27.1 Å². The minimum absolute atomic E-state index is 0.0153. The summed E-state index contributed by atoms with van der Waals surface area (Å²) in [5.41, 5.74) is -0.0215. The first-order valence-electron chi connectivity index (χ1n) is 9.48. The minimum Gasteiger partial charge on any atom is -0.377 e. The van der Waals surface area contributed by atoms with Gasteiger partial charge >= 0.3 is 0 Å². The fourth-order valence-electron chi connectivity index (χ4n) is 3.78. The number of ketones is 1. The van der Waals surface area contributed by atoms with Gasteiger partial charge in [0.1, 0.15) is 6.61 Å². The molecule has 0 unspecified atom stereocenters. The van der Waals surface area contributed by atoms with Crippen LogP contribution in [0.1, 0.15) is 27.0 Å². The first kappa shape index (κ1) is 20.9. The lowest BCUT2D eigenvalue weighted by Crippen LogP contribution is -2.15. The zero-order valence-corrected chi connectivity index (χ0v) is 16.7. The highest BCUT2D eigenvalue weighted by Crippen LogP contribution is 2.37. The number of aliphatic imine (C=N–C) groups is 1. The number of methoxy groups -OCH3 is 1. The van der Waals surface area contributed by atoms with Crippen LogP contribution in [0.2, 0.25) is 0 Å². The van der Waals surface area contributed by atoms with Crippen molar-refractivity contribution in [1.82, 2.24) is 0 Å². The SMILES string of the molecule is COCC(=O)c1cc(C)cc2c1CC(c1c(F)c(F)c(-c3ccccc3)c(F)c1F)=N2. The molecule has 158 valence electrons. The van der Waals surface area contributed by atoms with Gasteiger partial charge in [0.05, 0.1) is 22.5 Å². The fraction of sp³-hybridized carbons (Fsp3) is 0.167. The molecule has 1 aliphatic heterocycles. The van der Waals surface area contributed by atoms with Gasteiger partial charge in [-0.3, -0.25) is 9.79 Å². The van der Waals surface area contributed by atoms with Crippen molar-refractivity contribution in [1.29, 1.82) is 0 Å². The van der Waals surface area contributed by atoms with Crippen molar-refractivity contribution in [3.8, 4) is 11.1 Å². The molecule has 0 aromatic heterocycles. The molecule has 0 aliphatic carbocycles.